The van der Waals surface area contributed by atoms with E-state index >= 15 is 0 Å². The Morgan fingerprint density at radius 1 is 1.52 bits per heavy atom. The lowest BCUT2D eigenvalue weighted by Crippen LogP contribution is -2.38. The lowest BCUT2D eigenvalue weighted by Gasteiger charge is -2.19. The molecule has 7 heteroatoms. The van der Waals surface area contributed by atoms with E-state index in [1.54, 1.807) is 4.90 Å². The molecule has 0 bridgehead atoms. The van der Waals surface area contributed by atoms with Crippen LogP contribution in [0.25, 0.3) is 0 Å². The van der Waals surface area contributed by atoms with Crippen LogP contribution in [0.1, 0.15) is 29.4 Å². The predicted octanol–water partition coefficient (Wildman–Crippen LogP) is 0.632. The van der Waals surface area contributed by atoms with Crippen molar-refractivity contribution in [1.82, 2.24) is 15.2 Å². The Hall–Kier alpha value is -2.46. The fourth-order valence-corrected chi connectivity index (χ4v) is 1.76. The predicted molar refractivity (Wildman–Crippen MR) is 75.4 cm³/mol. The van der Waals surface area contributed by atoms with Crippen LogP contribution in [0, 0.1) is 11.3 Å². The van der Waals surface area contributed by atoms with Crippen molar-refractivity contribution in [2.24, 2.45) is 0 Å². The third-order valence-electron chi connectivity index (χ3n) is 2.87. The van der Waals surface area contributed by atoms with E-state index in [2.05, 4.69) is 10.3 Å². The molecule has 0 aliphatic heterocycles. The number of carbonyl (C=O) groups is 2. The number of nitriles is 1. The molecule has 0 radical (unpaired) electrons. The third kappa shape index (κ3) is 5.58. The first-order valence-corrected chi connectivity index (χ1v) is 6.62. The van der Waals surface area contributed by atoms with Gasteiger partial charge in [-0.1, -0.05) is 0 Å². The van der Waals surface area contributed by atoms with Gasteiger partial charge in [-0.25, -0.2) is 4.79 Å². The van der Waals surface area contributed by atoms with E-state index in [1.807, 2.05) is 13.0 Å². The molecule has 0 aliphatic carbocycles. The van der Waals surface area contributed by atoms with Crippen LogP contribution in [0.3, 0.4) is 0 Å². The van der Waals surface area contributed by atoms with Crippen molar-refractivity contribution in [3.8, 4) is 6.07 Å². The van der Waals surface area contributed by atoms with Gasteiger partial charge in [0.15, 0.2) is 0 Å². The number of hydrogen-bond donors (Lipinski definition) is 2. The average Bonchev–Trinajstić information content (AvgIpc) is 2.48. The molecule has 112 valence electrons. The SMILES string of the molecule is CCN(CCC#N)C(=O)CNCc1cc(C(=O)O)ccn1. The molecule has 2 N–H and O–H groups in total. The number of carboxylic acids is 1. The van der Waals surface area contributed by atoms with Crippen LogP contribution in [0.2, 0.25) is 0 Å². The molecule has 1 heterocycles. The van der Waals surface area contributed by atoms with Crippen LogP contribution in [0.5, 0.6) is 0 Å². The van der Waals surface area contributed by atoms with Crippen LogP contribution in [-0.4, -0.2) is 46.5 Å². The van der Waals surface area contributed by atoms with Crippen LogP contribution < -0.4 is 5.32 Å². The Labute approximate surface area is 123 Å². The number of aromatic nitrogens is 1. The molecule has 1 rings (SSSR count). The maximum atomic E-state index is 11.9. The molecular weight excluding hydrogens is 272 g/mol. The second-order valence-corrected chi connectivity index (χ2v) is 4.33. The van der Waals surface area contributed by atoms with E-state index in [0.717, 1.165) is 0 Å². The highest BCUT2D eigenvalue weighted by Gasteiger charge is 2.11. The zero-order valence-corrected chi connectivity index (χ0v) is 11.9. The third-order valence-corrected chi connectivity index (χ3v) is 2.87. The van der Waals surface area contributed by atoms with Gasteiger partial charge in [0.05, 0.1) is 30.3 Å². The summed E-state index contributed by atoms with van der Waals surface area (Å²) in [5.74, 6) is -1.11. The maximum absolute atomic E-state index is 11.9. The largest absolute Gasteiger partial charge is 0.478 e. The van der Waals surface area contributed by atoms with Crippen molar-refractivity contribution in [2.45, 2.75) is 19.9 Å². The molecule has 1 amide bonds. The Bertz CT molecular complexity index is 539. The first-order chi connectivity index (χ1) is 10.1. The number of nitrogens with one attached hydrogen (secondary N) is 1. The summed E-state index contributed by atoms with van der Waals surface area (Å²) in [6.45, 7) is 3.25. The highest BCUT2D eigenvalue weighted by Crippen LogP contribution is 2.01. The van der Waals surface area contributed by atoms with Crippen molar-refractivity contribution < 1.29 is 14.7 Å². The van der Waals surface area contributed by atoms with E-state index < -0.39 is 5.97 Å². The topological polar surface area (TPSA) is 106 Å². The van der Waals surface area contributed by atoms with Crippen molar-refractivity contribution in [2.75, 3.05) is 19.6 Å². The van der Waals surface area contributed by atoms with Crippen molar-refractivity contribution in [3.63, 3.8) is 0 Å². The van der Waals surface area contributed by atoms with E-state index in [1.165, 1.54) is 18.3 Å². The van der Waals surface area contributed by atoms with Gasteiger partial charge in [0.25, 0.3) is 0 Å². The second-order valence-electron chi connectivity index (χ2n) is 4.33. The van der Waals surface area contributed by atoms with Crippen LogP contribution in [-0.2, 0) is 11.3 Å². The molecule has 7 nitrogen and oxygen atoms in total. The van der Waals surface area contributed by atoms with Crippen molar-refractivity contribution in [3.05, 3.63) is 29.6 Å². The number of hydrogen-bond acceptors (Lipinski definition) is 5. The summed E-state index contributed by atoms with van der Waals surface area (Å²) in [5, 5.41) is 20.3. The lowest BCUT2D eigenvalue weighted by atomic mass is 10.2. The number of aromatic carboxylic acids is 1. The summed E-state index contributed by atoms with van der Waals surface area (Å²) in [5.41, 5.74) is 0.722. The molecule has 1 aromatic rings. The van der Waals surface area contributed by atoms with E-state index in [4.69, 9.17) is 10.4 Å². The first kappa shape index (κ1) is 16.6. The minimum atomic E-state index is -1.01. The van der Waals surface area contributed by atoms with Crippen molar-refractivity contribution in [1.29, 1.82) is 5.26 Å². The summed E-state index contributed by atoms with van der Waals surface area (Å²) in [6, 6.07) is 4.89. The van der Waals surface area contributed by atoms with Crippen LogP contribution in [0.4, 0.5) is 0 Å². The number of amides is 1. The fraction of sp³-hybridized carbons (Fsp3) is 0.429. The van der Waals surface area contributed by atoms with Gasteiger partial charge in [-0.05, 0) is 19.1 Å². The average molecular weight is 290 g/mol. The van der Waals surface area contributed by atoms with Crippen LogP contribution in [0.15, 0.2) is 18.3 Å². The number of likely N-dealkylation sites (N-methyl/N-ethyl adjacent to an activating group) is 1. The van der Waals surface area contributed by atoms with Gasteiger partial charge < -0.3 is 15.3 Å². The van der Waals surface area contributed by atoms with Gasteiger partial charge in [0, 0.05) is 25.8 Å². The number of nitrogens with zero attached hydrogens (tertiary/aromatic N) is 3. The fourth-order valence-electron chi connectivity index (χ4n) is 1.76. The van der Waals surface area contributed by atoms with Gasteiger partial charge in [0.2, 0.25) is 5.91 Å². The molecule has 0 atom stereocenters. The first-order valence-electron chi connectivity index (χ1n) is 6.62. The summed E-state index contributed by atoms with van der Waals surface area (Å²) in [4.78, 5) is 28.3. The molecule has 0 saturated carbocycles. The van der Waals surface area contributed by atoms with E-state index in [0.29, 0.717) is 31.7 Å². The molecule has 0 aromatic carbocycles. The highest BCUT2D eigenvalue weighted by molar-refractivity contribution is 5.87. The minimum absolute atomic E-state index is 0.0952. The number of carbonyl (C=O) groups excluding carboxylic acids is 1. The minimum Gasteiger partial charge on any atom is -0.478 e. The number of pyridine rings is 1. The summed E-state index contributed by atoms with van der Waals surface area (Å²) < 4.78 is 0. The van der Waals surface area contributed by atoms with Crippen LogP contribution >= 0.6 is 0 Å². The standard InChI is InChI=1S/C14H18N4O3/c1-2-18(7-3-5-15)13(19)10-16-9-12-8-11(14(20)21)4-6-17-12/h4,6,8,16H,2-3,7,9-10H2,1H3,(H,20,21). The quantitative estimate of drug-likeness (QED) is 0.727. The molecule has 1 aromatic heterocycles. The normalized spacial score (nSPS) is 9.90. The van der Waals surface area contributed by atoms with Gasteiger partial charge in [-0.3, -0.25) is 9.78 Å². The van der Waals surface area contributed by atoms with Gasteiger partial charge in [-0.2, -0.15) is 5.26 Å². The van der Waals surface area contributed by atoms with Crippen molar-refractivity contribution >= 4 is 11.9 Å². The van der Waals surface area contributed by atoms with E-state index in [-0.39, 0.29) is 18.0 Å². The molecule has 0 fully saturated rings. The molecule has 0 saturated heterocycles. The summed E-state index contributed by atoms with van der Waals surface area (Å²) >= 11 is 0. The Balaban J connectivity index is 2.45. The summed E-state index contributed by atoms with van der Waals surface area (Å²) in [6.07, 6.45) is 1.73. The Morgan fingerprint density at radius 3 is 2.90 bits per heavy atom. The highest BCUT2D eigenvalue weighted by atomic mass is 16.4. The zero-order valence-electron chi connectivity index (χ0n) is 11.9. The number of carboxylic acid groups (broad SMARTS) is 1. The second kappa shape index (κ2) is 8.66. The Morgan fingerprint density at radius 2 is 2.29 bits per heavy atom. The maximum Gasteiger partial charge on any atom is 0.335 e. The van der Waals surface area contributed by atoms with E-state index in [9.17, 15) is 9.59 Å². The Kier molecular flexibility index (Phi) is 6.84. The zero-order chi connectivity index (χ0) is 15.7. The van der Waals surface area contributed by atoms with Gasteiger partial charge in [0.1, 0.15) is 0 Å². The molecule has 0 unspecified atom stereocenters. The molecule has 21 heavy (non-hydrogen) atoms. The number of rotatable bonds is 8. The molecular formula is C14H18N4O3. The smallest absolute Gasteiger partial charge is 0.335 e. The molecule has 0 spiro atoms. The molecule has 0 aliphatic rings. The van der Waals surface area contributed by atoms with Gasteiger partial charge in [-0.15, -0.1) is 0 Å². The lowest BCUT2D eigenvalue weighted by molar-refractivity contribution is -0.130. The van der Waals surface area contributed by atoms with Gasteiger partial charge >= 0.3 is 5.97 Å². The monoisotopic (exact) mass is 290 g/mol. The summed E-state index contributed by atoms with van der Waals surface area (Å²) in [7, 11) is 0.